The summed E-state index contributed by atoms with van der Waals surface area (Å²) in [5, 5.41) is 20.4. The molecular weight excluding hydrogens is 397 g/mol. The molecule has 6 nitrogen and oxygen atoms in total. The fourth-order valence-corrected chi connectivity index (χ4v) is 2.04. The van der Waals surface area contributed by atoms with E-state index in [9.17, 15) is 28.4 Å². The minimum Gasteiger partial charge on any atom is -0.507 e. The number of alkyl halides is 3. The van der Waals surface area contributed by atoms with E-state index in [1.54, 1.807) is 0 Å². The molecule has 0 aromatic heterocycles. The van der Waals surface area contributed by atoms with Gasteiger partial charge in [-0.05, 0) is 24.3 Å². The van der Waals surface area contributed by atoms with E-state index in [1.807, 2.05) is 0 Å². The first-order valence-corrected chi connectivity index (χ1v) is 7.02. The largest absolute Gasteiger partial charge is 0.573 e. The number of ether oxygens (including phenoxy) is 1. The Kier molecular flexibility index (Phi) is 5.07. The molecule has 0 fully saturated rings. The van der Waals surface area contributed by atoms with Crippen molar-refractivity contribution in [3.63, 3.8) is 0 Å². The van der Waals surface area contributed by atoms with E-state index in [4.69, 9.17) is 0 Å². The molecule has 0 spiro atoms. The van der Waals surface area contributed by atoms with Crippen LogP contribution >= 0.6 is 15.9 Å². The van der Waals surface area contributed by atoms with Crippen LogP contribution in [0.5, 0.6) is 11.5 Å². The second-order valence-corrected chi connectivity index (χ2v) is 5.33. The number of hydrogen-bond acceptors (Lipinski definition) is 5. The monoisotopic (exact) mass is 404 g/mol. The molecule has 0 aliphatic carbocycles. The zero-order chi connectivity index (χ0) is 17.9. The van der Waals surface area contributed by atoms with Gasteiger partial charge < -0.3 is 9.84 Å². The minimum absolute atomic E-state index is 0.0231. The van der Waals surface area contributed by atoms with E-state index in [0.29, 0.717) is 4.47 Å². The number of hydrogen-bond donors (Lipinski definition) is 1. The summed E-state index contributed by atoms with van der Waals surface area (Å²) in [5.74, 6) is -0.863. The van der Waals surface area contributed by atoms with Crippen LogP contribution in [-0.4, -0.2) is 22.6 Å². The number of aromatic hydroxyl groups is 1. The van der Waals surface area contributed by atoms with Gasteiger partial charge in [0.1, 0.15) is 11.4 Å². The number of phenols is 1. The normalized spacial score (nSPS) is 11.7. The molecule has 0 unspecified atom stereocenters. The Morgan fingerprint density at radius 1 is 1.25 bits per heavy atom. The number of halogens is 4. The predicted octanol–water partition coefficient (Wildman–Crippen LogP) is 4.71. The van der Waals surface area contributed by atoms with Gasteiger partial charge in [-0.3, -0.25) is 15.1 Å². The number of nitro groups is 1. The molecule has 0 radical (unpaired) electrons. The standard InChI is InChI=1S/C14H8BrF3N2O4/c15-9-1-3-11(13(6-9)24-14(16,17)18)19-7-8-5-10(20(22)23)2-4-12(8)21/h1-7,21H. The number of benzene rings is 2. The number of non-ortho nitro benzene ring substituents is 1. The molecule has 2 aromatic carbocycles. The first kappa shape index (κ1) is 17.7. The lowest BCUT2D eigenvalue weighted by Crippen LogP contribution is -2.17. The third-order valence-corrected chi connectivity index (χ3v) is 3.21. The second kappa shape index (κ2) is 6.87. The summed E-state index contributed by atoms with van der Waals surface area (Å²) < 4.78 is 41.5. The molecule has 1 N–H and O–H groups in total. The summed E-state index contributed by atoms with van der Waals surface area (Å²) in [6, 6.07) is 7.01. The highest BCUT2D eigenvalue weighted by Crippen LogP contribution is 2.35. The molecule has 0 saturated heterocycles. The SMILES string of the molecule is O=[N+]([O-])c1ccc(O)c(C=Nc2ccc(Br)cc2OC(F)(F)F)c1. The number of nitrogens with zero attached hydrogens (tertiary/aromatic N) is 2. The molecule has 2 aromatic rings. The molecule has 0 heterocycles. The summed E-state index contributed by atoms with van der Waals surface area (Å²) in [6.07, 6.45) is -3.90. The zero-order valence-corrected chi connectivity index (χ0v) is 13.2. The Morgan fingerprint density at radius 2 is 1.96 bits per heavy atom. The maximum Gasteiger partial charge on any atom is 0.573 e. The third kappa shape index (κ3) is 4.69. The second-order valence-electron chi connectivity index (χ2n) is 4.42. The van der Waals surface area contributed by atoms with Gasteiger partial charge in [0.15, 0.2) is 5.75 Å². The Morgan fingerprint density at radius 3 is 2.58 bits per heavy atom. The van der Waals surface area contributed by atoms with Gasteiger partial charge in [0, 0.05) is 28.4 Å². The van der Waals surface area contributed by atoms with Crippen molar-refractivity contribution in [1.82, 2.24) is 0 Å². The van der Waals surface area contributed by atoms with Crippen molar-refractivity contribution in [3.8, 4) is 11.5 Å². The molecule has 24 heavy (non-hydrogen) atoms. The van der Waals surface area contributed by atoms with Gasteiger partial charge in [0.25, 0.3) is 5.69 Å². The van der Waals surface area contributed by atoms with E-state index in [1.165, 1.54) is 12.1 Å². The summed E-state index contributed by atoms with van der Waals surface area (Å²) >= 11 is 3.02. The Hall–Kier alpha value is -2.62. The Bertz CT molecular complexity index is 809. The molecule has 2 rings (SSSR count). The van der Waals surface area contributed by atoms with Gasteiger partial charge in [0.05, 0.1) is 4.92 Å². The Balaban J connectivity index is 2.39. The van der Waals surface area contributed by atoms with E-state index >= 15 is 0 Å². The first-order valence-electron chi connectivity index (χ1n) is 6.22. The van der Waals surface area contributed by atoms with Crippen molar-refractivity contribution in [3.05, 3.63) is 56.5 Å². The number of aliphatic imine (C=N–C) groups is 1. The first-order chi connectivity index (χ1) is 11.2. The van der Waals surface area contributed by atoms with Crippen molar-refractivity contribution in [1.29, 1.82) is 0 Å². The van der Waals surface area contributed by atoms with Gasteiger partial charge in [0.2, 0.25) is 0 Å². The maximum absolute atomic E-state index is 12.4. The van der Waals surface area contributed by atoms with Crippen LogP contribution in [0.1, 0.15) is 5.56 Å². The third-order valence-electron chi connectivity index (χ3n) is 2.71. The van der Waals surface area contributed by atoms with E-state index in [-0.39, 0.29) is 22.7 Å². The zero-order valence-electron chi connectivity index (χ0n) is 11.6. The van der Waals surface area contributed by atoms with Gasteiger partial charge in [-0.2, -0.15) is 0 Å². The van der Waals surface area contributed by atoms with Crippen LogP contribution in [-0.2, 0) is 0 Å². The Labute approximate surface area is 141 Å². The van der Waals surface area contributed by atoms with Gasteiger partial charge in [-0.1, -0.05) is 15.9 Å². The molecule has 10 heteroatoms. The molecule has 0 bridgehead atoms. The van der Waals surface area contributed by atoms with E-state index in [2.05, 4.69) is 25.7 Å². The van der Waals surface area contributed by atoms with Crippen molar-refractivity contribution >= 4 is 33.5 Å². The highest BCUT2D eigenvalue weighted by Gasteiger charge is 2.32. The quantitative estimate of drug-likeness (QED) is 0.454. The maximum atomic E-state index is 12.4. The molecule has 0 aliphatic heterocycles. The van der Waals surface area contributed by atoms with Crippen LogP contribution in [0.3, 0.4) is 0 Å². The van der Waals surface area contributed by atoms with E-state index in [0.717, 1.165) is 30.5 Å². The van der Waals surface area contributed by atoms with Crippen LogP contribution in [0, 0.1) is 10.1 Å². The van der Waals surface area contributed by atoms with Crippen molar-refractivity contribution in [2.75, 3.05) is 0 Å². The molecular formula is C14H8BrF3N2O4. The summed E-state index contributed by atoms with van der Waals surface area (Å²) in [7, 11) is 0. The lowest BCUT2D eigenvalue weighted by atomic mass is 10.2. The van der Waals surface area contributed by atoms with Gasteiger partial charge >= 0.3 is 6.36 Å². The lowest BCUT2D eigenvalue weighted by Gasteiger charge is -2.11. The highest BCUT2D eigenvalue weighted by molar-refractivity contribution is 9.10. The highest BCUT2D eigenvalue weighted by atomic mass is 79.9. The number of nitro benzene ring substituents is 1. The van der Waals surface area contributed by atoms with Crippen LogP contribution in [0.15, 0.2) is 45.9 Å². The summed E-state index contributed by atoms with van der Waals surface area (Å²) in [5.41, 5.74) is -0.483. The van der Waals surface area contributed by atoms with Gasteiger partial charge in [-0.25, -0.2) is 0 Å². The average Bonchev–Trinajstić information content (AvgIpc) is 2.46. The van der Waals surface area contributed by atoms with Crippen molar-refractivity contribution in [2.24, 2.45) is 4.99 Å². The fourth-order valence-electron chi connectivity index (χ4n) is 1.70. The molecule has 0 amide bonds. The van der Waals surface area contributed by atoms with Gasteiger partial charge in [-0.15, -0.1) is 13.2 Å². The number of phenolic OH excluding ortho intramolecular Hbond substituents is 1. The van der Waals surface area contributed by atoms with Crippen LogP contribution < -0.4 is 4.74 Å². The number of rotatable bonds is 4. The summed E-state index contributed by atoms with van der Waals surface area (Å²) in [4.78, 5) is 13.9. The van der Waals surface area contributed by atoms with Crippen LogP contribution in [0.2, 0.25) is 0 Å². The smallest absolute Gasteiger partial charge is 0.507 e. The molecule has 0 aliphatic rings. The van der Waals surface area contributed by atoms with Crippen LogP contribution in [0.4, 0.5) is 24.5 Å². The van der Waals surface area contributed by atoms with Crippen LogP contribution in [0.25, 0.3) is 0 Å². The van der Waals surface area contributed by atoms with Crippen molar-refractivity contribution < 1.29 is 27.9 Å². The average molecular weight is 405 g/mol. The molecule has 126 valence electrons. The minimum atomic E-state index is -4.90. The topological polar surface area (TPSA) is 85.0 Å². The molecule has 0 atom stereocenters. The molecule has 0 saturated carbocycles. The predicted molar refractivity (Wildman–Crippen MR) is 82.8 cm³/mol. The summed E-state index contributed by atoms with van der Waals surface area (Å²) in [6.45, 7) is 0. The van der Waals surface area contributed by atoms with E-state index < -0.39 is 17.0 Å². The lowest BCUT2D eigenvalue weighted by molar-refractivity contribution is -0.384. The van der Waals surface area contributed by atoms with Crippen molar-refractivity contribution in [2.45, 2.75) is 6.36 Å². The fraction of sp³-hybridized carbons (Fsp3) is 0.0714.